The molecule has 42 heavy (non-hydrogen) atoms. The van der Waals surface area contributed by atoms with Crippen LogP contribution < -0.4 is 0 Å². The number of aliphatic hydroxyl groups excluding tert-OH is 3. The van der Waals surface area contributed by atoms with Crippen molar-refractivity contribution in [3.05, 3.63) is 11.6 Å². The molecule has 7 heteroatoms. The zero-order chi connectivity index (χ0) is 30.9. The van der Waals surface area contributed by atoms with Crippen molar-refractivity contribution in [1.29, 1.82) is 0 Å². The lowest BCUT2D eigenvalue weighted by atomic mass is 9.32. The maximum absolute atomic E-state index is 12.9. The maximum atomic E-state index is 12.9. The van der Waals surface area contributed by atoms with E-state index < -0.39 is 46.8 Å². The molecule has 5 N–H and O–H groups in total. The van der Waals surface area contributed by atoms with E-state index in [1.807, 2.05) is 0 Å². The Bertz CT molecular complexity index is 1160. The van der Waals surface area contributed by atoms with Crippen LogP contribution in [-0.4, -0.2) is 68.1 Å². The van der Waals surface area contributed by atoms with E-state index in [0.717, 1.165) is 57.8 Å². The van der Waals surface area contributed by atoms with Gasteiger partial charge in [-0.2, -0.15) is 0 Å². The van der Waals surface area contributed by atoms with Crippen LogP contribution in [0.5, 0.6) is 0 Å². The largest absolute Gasteiger partial charge is 0.481 e. The van der Waals surface area contributed by atoms with Gasteiger partial charge in [-0.25, -0.2) is 0 Å². The standard InChI is InChI=1S/C35H56O7/c1-29(2)12-15-34(28(39)40)16-14-32(6)20(21(34)18-29)8-9-24-31(5)13-17-35(41,27-26(38)25(37)22(36)19-42-27)30(3,4)23(31)10-11-33(24,32)7/h8,21-27,36-38,41H,9-19H2,1-7H3,(H,39,40)/t21-,22+,23-,24+,25-,26+,27?,31-,32+,33+,34-,35+/m0/s1. The molecule has 7 nitrogen and oxygen atoms in total. The average molecular weight is 589 g/mol. The third-order valence-corrected chi connectivity index (χ3v) is 15.3. The molecule has 12 atom stereocenters. The summed E-state index contributed by atoms with van der Waals surface area (Å²) in [4.78, 5) is 12.9. The second-order valence-electron chi connectivity index (χ2n) is 17.6. The first-order valence-electron chi connectivity index (χ1n) is 16.6. The predicted molar refractivity (Wildman–Crippen MR) is 159 cm³/mol. The minimum absolute atomic E-state index is 0.0152. The molecule has 5 fully saturated rings. The van der Waals surface area contributed by atoms with Gasteiger partial charge in [0, 0.05) is 0 Å². The average Bonchev–Trinajstić information content (AvgIpc) is 2.89. The molecular formula is C35H56O7. The lowest BCUT2D eigenvalue weighted by Gasteiger charge is -2.72. The van der Waals surface area contributed by atoms with E-state index >= 15 is 0 Å². The van der Waals surface area contributed by atoms with Gasteiger partial charge in [0.15, 0.2) is 0 Å². The highest BCUT2D eigenvalue weighted by molar-refractivity contribution is 5.76. The first kappa shape index (κ1) is 31.0. The topological polar surface area (TPSA) is 127 Å². The number of aliphatic hydroxyl groups is 4. The van der Waals surface area contributed by atoms with Crippen LogP contribution in [0.1, 0.15) is 113 Å². The predicted octanol–water partition coefficient (Wildman–Crippen LogP) is 5.09. The van der Waals surface area contributed by atoms with Crippen LogP contribution in [-0.2, 0) is 9.53 Å². The molecule has 1 heterocycles. The van der Waals surface area contributed by atoms with Crippen LogP contribution in [0.25, 0.3) is 0 Å². The first-order chi connectivity index (χ1) is 19.3. The van der Waals surface area contributed by atoms with Crippen LogP contribution in [0.3, 0.4) is 0 Å². The van der Waals surface area contributed by atoms with Crippen molar-refractivity contribution in [1.82, 2.24) is 0 Å². The van der Waals surface area contributed by atoms with Crippen molar-refractivity contribution >= 4 is 5.97 Å². The van der Waals surface area contributed by atoms with Crippen molar-refractivity contribution in [3.63, 3.8) is 0 Å². The van der Waals surface area contributed by atoms with Crippen LogP contribution in [0.15, 0.2) is 11.6 Å². The lowest BCUT2D eigenvalue weighted by molar-refractivity contribution is -0.302. The minimum atomic E-state index is -1.35. The highest BCUT2D eigenvalue weighted by atomic mass is 16.5. The number of aliphatic carboxylic acids is 1. The number of allylic oxidation sites excluding steroid dienone is 2. The highest BCUT2D eigenvalue weighted by Gasteiger charge is 2.72. The third kappa shape index (κ3) is 3.72. The molecule has 4 saturated carbocycles. The minimum Gasteiger partial charge on any atom is -0.481 e. The van der Waals surface area contributed by atoms with E-state index in [1.165, 1.54) is 5.57 Å². The Hall–Kier alpha value is -0.990. The smallest absolute Gasteiger partial charge is 0.310 e. The Morgan fingerprint density at radius 3 is 2.19 bits per heavy atom. The molecule has 1 saturated heterocycles. The molecule has 6 aliphatic rings. The summed E-state index contributed by atoms with van der Waals surface area (Å²) < 4.78 is 5.91. The number of ether oxygens (including phenoxy) is 1. The molecule has 238 valence electrons. The number of carboxylic acids is 1. The van der Waals surface area contributed by atoms with Gasteiger partial charge < -0.3 is 30.3 Å². The van der Waals surface area contributed by atoms with Crippen molar-refractivity contribution < 1.29 is 35.1 Å². The third-order valence-electron chi connectivity index (χ3n) is 15.3. The monoisotopic (exact) mass is 588 g/mol. The number of carbonyl (C=O) groups is 1. The highest BCUT2D eigenvalue weighted by Crippen LogP contribution is 2.76. The molecule has 5 aliphatic carbocycles. The lowest BCUT2D eigenvalue weighted by Crippen LogP contribution is -2.72. The van der Waals surface area contributed by atoms with E-state index in [1.54, 1.807) is 0 Å². The normalized spacial score (nSPS) is 54.8. The van der Waals surface area contributed by atoms with Crippen LogP contribution in [0.4, 0.5) is 0 Å². The van der Waals surface area contributed by atoms with E-state index in [0.29, 0.717) is 12.3 Å². The van der Waals surface area contributed by atoms with E-state index in [4.69, 9.17) is 4.74 Å². The summed E-state index contributed by atoms with van der Waals surface area (Å²) in [5.41, 5.74) is -1.14. The number of fused-ring (bicyclic) bond motifs is 7. The Kier molecular flexibility index (Phi) is 6.85. The Morgan fingerprint density at radius 1 is 0.857 bits per heavy atom. The molecule has 0 aromatic carbocycles. The van der Waals surface area contributed by atoms with Gasteiger partial charge in [-0.05, 0) is 109 Å². The number of hydrogen-bond donors (Lipinski definition) is 5. The van der Waals surface area contributed by atoms with Gasteiger partial charge >= 0.3 is 5.97 Å². The van der Waals surface area contributed by atoms with E-state index in [-0.39, 0.29) is 40.1 Å². The fraction of sp³-hybridized carbons (Fsp3) is 0.914. The summed E-state index contributed by atoms with van der Waals surface area (Å²) >= 11 is 0. The Balaban J connectivity index is 1.37. The maximum Gasteiger partial charge on any atom is 0.310 e. The van der Waals surface area contributed by atoms with Crippen molar-refractivity contribution in [2.24, 2.45) is 50.2 Å². The zero-order valence-electron chi connectivity index (χ0n) is 26.9. The quantitative estimate of drug-likeness (QED) is 0.285. The van der Waals surface area contributed by atoms with Crippen LogP contribution in [0.2, 0.25) is 0 Å². The zero-order valence-corrected chi connectivity index (χ0v) is 26.9. The number of carboxylic acid groups (broad SMARTS) is 1. The molecule has 0 bridgehead atoms. The van der Waals surface area contributed by atoms with Crippen LogP contribution >= 0.6 is 0 Å². The molecule has 0 spiro atoms. The van der Waals surface area contributed by atoms with Gasteiger partial charge in [0.05, 0.1) is 17.6 Å². The van der Waals surface area contributed by atoms with Crippen molar-refractivity contribution in [2.45, 2.75) is 143 Å². The summed E-state index contributed by atoms with van der Waals surface area (Å²) in [6, 6.07) is 0. The molecule has 0 radical (unpaired) electrons. The molecular weight excluding hydrogens is 532 g/mol. The number of hydrogen-bond acceptors (Lipinski definition) is 6. The Labute approximate surface area is 252 Å². The Morgan fingerprint density at radius 2 is 1.52 bits per heavy atom. The second-order valence-corrected chi connectivity index (χ2v) is 17.6. The van der Waals surface area contributed by atoms with Gasteiger partial charge in [-0.3, -0.25) is 4.79 Å². The fourth-order valence-corrected chi connectivity index (χ4v) is 12.3. The molecule has 0 amide bonds. The molecule has 1 unspecified atom stereocenters. The van der Waals surface area contributed by atoms with Gasteiger partial charge in [-0.1, -0.05) is 60.1 Å². The summed E-state index contributed by atoms with van der Waals surface area (Å²) in [7, 11) is 0. The van der Waals surface area contributed by atoms with E-state index in [9.17, 15) is 30.3 Å². The first-order valence-corrected chi connectivity index (χ1v) is 16.6. The summed E-state index contributed by atoms with van der Waals surface area (Å²) in [5.74, 6) is 0.0442. The SMILES string of the molecule is CC1(C)CC[C@]2(C(=O)O)CC[C@]3(C)C(=CC[C@@H]4[C@@]5(C)CC[C@@](O)(C6OC[C@@H](O)[C@H](O)[C@H]6O)C(C)(C)[C@@H]5CC[C@]43C)[C@@H]2C1. The van der Waals surface area contributed by atoms with Crippen LogP contribution in [0, 0.1) is 50.2 Å². The van der Waals surface area contributed by atoms with E-state index in [2.05, 4.69) is 54.5 Å². The number of rotatable bonds is 2. The van der Waals surface area contributed by atoms with Gasteiger partial charge in [0.25, 0.3) is 0 Å². The summed E-state index contributed by atoms with van der Waals surface area (Å²) in [6.45, 7) is 16.1. The van der Waals surface area contributed by atoms with Gasteiger partial charge in [0.2, 0.25) is 0 Å². The second kappa shape index (κ2) is 9.28. The molecule has 1 aliphatic heterocycles. The van der Waals surface area contributed by atoms with Crippen molar-refractivity contribution in [3.8, 4) is 0 Å². The van der Waals surface area contributed by atoms with Crippen molar-refractivity contribution in [2.75, 3.05) is 6.61 Å². The van der Waals surface area contributed by atoms with Gasteiger partial charge in [0.1, 0.15) is 24.4 Å². The molecule has 6 rings (SSSR count). The summed E-state index contributed by atoms with van der Waals surface area (Å²) in [6.07, 6.45) is 6.10. The summed E-state index contributed by atoms with van der Waals surface area (Å²) in [5, 5.41) is 54.5. The molecule has 0 aromatic heterocycles. The van der Waals surface area contributed by atoms with Gasteiger partial charge in [-0.15, -0.1) is 0 Å². The molecule has 0 aromatic rings. The fourth-order valence-electron chi connectivity index (χ4n) is 12.3.